The van der Waals surface area contributed by atoms with E-state index >= 15 is 0 Å². The molecule has 7 heteroatoms. The first kappa shape index (κ1) is 18.0. The smallest absolute Gasteiger partial charge is 0.270 e. The molecule has 6 nitrogen and oxygen atoms in total. The number of allylic oxidation sites excluding steroid dienone is 3. The van der Waals surface area contributed by atoms with E-state index in [4.69, 9.17) is 4.74 Å². The molecule has 0 saturated carbocycles. The van der Waals surface area contributed by atoms with Crippen molar-refractivity contribution in [3.8, 4) is 0 Å². The van der Waals surface area contributed by atoms with Crippen molar-refractivity contribution in [2.24, 2.45) is 0 Å². The first-order valence-corrected chi connectivity index (χ1v) is 10.2. The van der Waals surface area contributed by atoms with Gasteiger partial charge < -0.3 is 4.74 Å². The summed E-state index contributed by atoms with van der Waals surface area (Å²) < 4.78 is 21.8. The Morgan fingerprint density at radius 2 is 2.04 bits per heavy atom. The van der Waals surface area contributed by atoms with Crippen LogP contribution in [-0.2, 0) is 35.2 Å². The molecule has 2 heterocycles. The van der Waals surface area contributed by atoms with E-state index < -0.39 is 11.0 Å². The number of nitrogens with one attached hydrogen (secondary N) is 1. The molecule has 27 heavy (non-hydrogen) atoms. The monoisotopic (exact) mass is 385 g/mol. The molecule has 1 unspecified atom stereocenters. The van der Waals surface area contributed by atoms with E-state index in [-0.39, 0.29) is 5.56 Å². The van der Waals surface area contributed by atoms with E-state index in [1.54, 1.807) is 11.8 Å². The minimum Gasteiger partial charge on any atom is -0.501 e. The van der Waals surface area contributed by atoms with Gasteiger partial charge in [0.25, 0.3) is 5.56 Å². The Kier molecular flexibility index (Phi) is 5.13. The molecule has 0 fully saturated rings. The van der Waals surface area contributed by atoms with Crippen molar-refractivity contribution in [2.75, 3.05) is 13.7 Å². The highest BCUT2D eigenvalue weighted by molar-refractivity contribution is 7.86. The number of nitrogens with zero attached hydrogens (tertiary/aromatic N) is 2. The van der Waals surface area contributed by atoms with Crippen LogP contribution in [0, 0.1) is 0 Å². The second kappa shape index (κ2) is 7.70. The average Bonchev–Trinajstić information content (AvgIpc) is 3.03. The zero-order valence-corrected chi connectivity index (χ0v) is 16.1. The highest BCUT2D eigenvalue weighted by Crippen LogP contribution is 2.25. The maximum absolute atomic E-state index is 13.0. The number of hydrogen-bond acceptors (Lipinski definition) is 3. The van der Waals surface area contributed by atoms with Gasteiger partial charge in [0.2, 0.25) is 0 Å². The van der Waals surface area contributed by atoms with Crippen molar-refractivity contribution in [3.05, 3.63) is 80.3 Å². The molecule has 1 atom stereocenters. The Labute approximate surface area is 160 Å². The number of rotatable bonds is 5. The number of fused-ring (bicyclic) bond motifs is 1. The molecule has 4 rings (SSSR count). The molecule has 0 radical (unpaired) electrons. The third-order valence-electron chi connectivity index (χ3n) is 5.00. The SMILES string of the molecule is COC1=CC(S(=O)N2CCc3c([nH]n(Cc4ccccc4)c3=O)C2)=CCC1. The van der Waals surface area contributed by atoms with Crippen molar-refractivity contribution in [3.63, 3.8) is 0 Å². The molecule has 0 spiro atoms. The summed E-state index contributed by atoms with van der Waals surface area (Å²) in [5, 5.41) is 3.23. The average molecular weight is 385 g/mol. The Balaban J connectivity index is 1.53. The van der Waals surface area contributed by atoms with Gasteiger partial charge in [-0.25, -0.2) is 13.2 Å². The van der Waals surface area contributed by atoms with E-state index in [0.29, 0.717) is 26.1 Å². The molecule has 0 saturated heterocycles. The van der Waals surface area contributed by atoms with Gasteiger partial charge in [-0.1, -0.05) is 36.4 Å². The fourth-order valence-corrected chi connectivity index (χ4v) is 4.85. The fraction of sp³-hybridized carbons (Fsp3) is 0.350. The zero-order valence-electron chi connectivity index (χ0n) is 15.3. The first-order chi connectivity index (χ1) is 13.2. The van der Waals surface area contributed by atoms with Gasteiger partial charge in [0.05, 0.1) is 36.6 Å². The summed E-state index contributed by atoms with van der Waals surface area (Å²) in [6.07, 6.45) is 6.17. The topological polar surface area (TPSA) is 67.3 Å². The van der Waals surface area contributed by atoms with Crippen LogP contribution in [0.1, 0.15) is 29.7 Å². The van der Waals surface area contributed by atoms with Crippen LogP contribution in [0.25, 0.3) is 0 Å². The van der Waals surface area contributed by atoms with E-state index in [1.807, 2.05) is 46.8 Å². The number of methoxy groups -OCH3 is 1. The van der Waals surface area contributed by atoms with Gasteiger partial charge in [-0.15, -0.1) is 0 Å². The molecule has 142 valence electrons. The summed E-state index contributed by atoms with van der Waals surface area (Å²) >= 11 is 0. The molecule has 1 aliphatic carbocycles. The molecular weight excluding hydrogens is 362 g/mol. The van der Waals surface area contributed by atoms with E-state index in [2.05, 4.69) is 5.10 Å². The van der Waals surface area contributed by atoms with Gasteiger partial charge in [-0.05, 0) is 24.5 Å². The zero-order chi connectivity index (χ0) is 18.8. The molecule has 0 amide bonds. The number of aromatic nitrogens is 2. The van der Waals surface area contributed by atoms with Crippen molar-refractivity contribution in [1.29, 1.82) is 0 Å². The summed E-state index contributed by atoms with van der Waals surface area (Å²) in [5.74, 6) is 0.862. The maximum atomic E-state index is 13.0. The second-order valence-corrected chi connectivity index (χ2v) is 8.25. The van der Waals surface area contributed by atoms with Crippen LogP contribution in [0.5, 0.6) is 0 Å². The summed E-state index contributed by atoms with van der Waals surface area (Å²) in [4.78, 5) is 13.5. The van der Waals surface area contributed by atoms with Crippen molar-refractivity contribution in [2.45, 2.75) is 32.4 Å². The lowest BCUT2D eigenvalue weighted by Crippen LogP contribution is -2.34. The number of H-pyrrole nitrogens is 1. The molecule has 2 aromatic rings. The van der Waals surface area contributed by atoms with Crippen LogP contribution in [0.4, 0.5) is 0 Å². The van der Waals surface area contributed by atoms with Crippen molar-refractivity contribution >= 4 is 11.0 Å². The number of hydrogen-bond donors (Lipinski definition) is 1. The Morgan fingerprint density at radius 1 is 1.22 bits per heavy atom. The van der Waals surface area contributed by atoms with Crippen molar-refractivity contribution < 1.29 is 8.95 Å². The lowest BCUT2D eigenvalue weighted by molar-refractivity contribution is 0.276. The second-order valence-electron chi connectivity index (χ2n) is 6.77. The van der Waals surface area contributed by atoms with Crippen LogP contribution < -0.4 is 5.56 Å². The molecular formula is C20H23N3O3S. The van der Waals surface area contributed by atoms with E-state index in [0.717, 1.165) is 40.3 Å². The number of ether oxygens (including phenoxy) is 1. The number of benzene rings is 1. The van der Waals surface area contributed by atoms with Crippen LogP contribution in [-0.4, -0.2) is 31.9 Å². The molecule has 1 aromatic carbocycles. The van der Waals surface area contributed by atoms with Gasteiger partial charge in [-0.2, -0.15) is 0 Å². The molecule has 1 N–H and O–H groups in total. The summed E-state index contributed by atoms with van der Waals surface area (Å²) in [6, 6.07) is 9.90. The predicted molar refractivity (Wildman–Crippen MR) is 105 cm³/mol. The number of aromatic amines is 1. The normalized spacial score (nSPS) is 18.4. The molecule has 0 bridgehead atoms. The molecule has 1 aliphatic heterocycles. The summed E-state index contributed by atoms with van der Waals surface area (Å²) in [5.41, 5.74) is 2.77. The maximum Gasteiger partial charge on any atom is 0.270 e. The van der Waals surface area contributed by atoms with E-state index in [1.165, 1.54) is 0 Å². The highest BCUT2D eigenvalue weighted by Gasteiger charge is 2.27. The first-order valence-electron chi connectivity index (χ1n) is 9.11. The lowest BCUT2D eigenvalue weighted by atomic mass is 10.1. The Hall–Kier alpha value is -2.38. The Morgan fingerprint density at radius 3 is 2.81 bits per heavy atom. The largest absolute Gasteiger partial charge is 0.501 e. The third kappa shape index (κ3) is 3.70. The van der Waals surface area contributed by atoms with E-state index in [9.17, 15) is 9.00 Å². The Bertz CT molecular complexity index is 972. The highest BCUT2D eigenvalue weighted by atomic mass is 32.2. The van der Waals surface area contributed by atoms with Gasteiger partial charge in [0.15, 0.2) is 0 Å². The van der Waals surface area contributed by atoms with Crippen LogP contribution in [0.3, 0.4) is 0 Å². The van der Waals surface area contributed by atoms with Gasteiger partial charge in [-0.3, -0.25) is 9.89 Å². The minimum absolute atomic E-state index is 0.0257. The van der Waals surface area contributed by atoms with Crippen LogP contribution in [0.15, 0.2) is 57.9 Å². The van der Waals surface area contributed by atoms with Gasteiger partial charge in [0.1, 0.15) is 11.0 Å². The van der Waals surface area contributed by atoms with Crippen LogP contribution in [0.2, 0.25) is 0 Å². The van der Waals surface area contributed by atoms with Crippen LogP contribution >= 0.6 is 0 Å². The third-order valence-corrected chi connectivity index (χ3v) is 6.47. The summed E-state index contributed by atoms with van der Waals surface area (Å²) in [7, 11) is 0.393. The summed E-state index contributed by atoms with van der Waals surface area (Å²) in [6.45, 7) is 1.60. The van der Waals surface area contributed by atoms with Gasteiger partial charge in [0, 0.05) is 18.5 Å². The minimum atomic E-state index is -1.25. The predicted octanol–water partition coefficient (Wildman–Crippen LogP) is 2.45. The molecule has 1 aromatic heterocycles. The fourth-order valence-electron chi connectivity index (χ4n) is 3.55. The van der Waals surface area contributed by atoms with Crippen molar-refractivity contribution in [1.82, 2.24) is 14.1 Å². The quantitative estimate of drug-likeness (QED) is 0.860. The van der Waals surface area contributed by atoms with Gasteiger partial charge >= 0.3 is 0 Å². The standard InChI is InChI=1S/C20H23N3O3S/c1-26-16-8-5-9-17(12-16)27(25)22-11-10-18-19(14-22)21-23(20(18)24)13-15-6-3-2-4-7-15/h2-4,6-7,9,12,21H,5,8,10-11,13-14H2,1H3. The molecule has 2 aliphatic rings. The lowest BCUT2D eigenvalue weighted by Gasteiger charge is -2.26.